The van der Waals surface area contributed by atoms with Crippen molar-refractivity contribution >= 4 is 17.0 Å². The summed E-state index contributed by atoms with van der Waals surface area (Å²) in [4.78, 5) is 18.8. The predicted octanol–water partition coefficient (Wildman–Crippen LogP) is 1.83. The van der Waals surface area contributed by atoms with Crippen molar-refractivity contribution in [2.45, 2.75) is 39.2 Å². The van der Waals surface area contributed by atoms with E-state index in [-0.39, 0.29) is 5.91 Å². The van der Waals surface area contributed by atoms with E-state index < -0.39 is 5.60 Å². The number of likely N-dealkylation sites (tertiary alicyclic amines) is 1. The van der Waals surface area contributed by atoms with Crippen LogP contribution in [0.1, 0.15) is 41.5 Å². The summed E-state index contributed by atoms with van der Waals surface area (Å²) in [5, 5.41) is 14.6. The van der Waals surface area contributed by atoms with Gasteiger partial charge in [-0.1, -0.05) is 5.16 Å². The number of carbonyl (C=O) groups is 1. The molecule has 0 unspecified atom stereocenters. The number of amides is 1. The topological polar surface area (TPSA) is 79.5 Å². The van der Waals surface area contributed by atoms with Crippen molar-refractivity contribution in [2.24, 2.45) is 0 Å². The molecule has 6 heteroatoms. The third kappa shape index (κ3) is 2.51. The number of piperidine rings is 1. The highest BCUT2D eigenvalue weighted by Gasteiger charge is 2.31. The van der Waals surface area contributed by atoms with Crippen molar-refractivity contribution in [3.05, 3.63) is 23.0 Å². The molecule has 0 atom stereocenters. The van der Waals surface area contributed by atoms with Crippen LogP contribution in [0.5, 0.6) is 0 Å². The molecule has 2 aromatic heterocycles. The summed E-state index contributed by atoms with van der Waals surface area (Å²) in [5.41, 5.74) is 1.71. The first-order valence-corrected chi connectivity index (χ1v) is 7.13. The van der Waals surface area contributed by atoms with E-state index in [9.17, 15) is 9.90 Å². The second-order valence-corrected chi connectivity index (χ2v) is 6.05. The zero-order valence-corrected chi connectivity index (χ0v) is 12.5. The molecule has 0 aromatic carbocycles. The second-order valence-electron chi connectivity index (χ2n) is 6.05. The van der Waals surface area contributed by atoms with Gasteiger partial charge in [0.05, 0.1) is 22.2 Å². The van der Waals surface area contributed by atoms with Gasteiger partial charge in [-0.3, -0.25) is 4.79 Å². The molecule has 0 aliphatic carbocycles. The number of pyridine rings is 1. The highest BCUT2D eigenvalue weighted by atomic mass is 16.5. The monoisotopic (exact) mass is 289 g/mol. The van der Waals surface area contributed by atoms with Gasteiger partial charge in [0.1, 0.15) is 0 Å². The molecule has 2 aromatic rings. The maximum atomic E-state index is 12.8. The largest absolute Gasteiger partial charge is 0.390 e. The number of carbonyl (C=O) groups excluding carboxylic acids is 1. The molecule has 6 nitrogen and oxygen atoms in total. The summed E-state index contributed by atoms with van der Waals surface area (Å²) in [6.45, 7) is 6.56. The van der Waals surface area contributed by atoms with Crippen molar-refractivity contribution < 1.29 is 14.4 Å². The number of aromatic nitrogens is 2. The third-order valence-electron chi connectivity index (χ3n) is 4.10. The summed E-state index contributed by atoms with van der Waals surface area (Å²) >= 11 is 0. The number of aryl methyl sites for hydroxylation is 2. The minimum Gasteiger partial charge on any atom is -0.390 e. The Morgan fingerprint density at radius 2 is 2.05 bits per heavy atom. The van der Waals surface area contributed by atoms with Gasteiger partial charge < -0.3 is 14.5 Å². The molecule has 1 saturated heterocycles. The molecule has 1 aliphatic rings. The third-order valence-corrected chi connectivity index (χ3v) is 4.10. The van der Waals surface area contributed by atoms with Gasteiger partial charge in [-0.25, -0.2) is 4.98 Å². The van der Waals surface area contributed by atoms with Gasteiger partial charge in [-0.15, -0.1) is 0 Å². The molecule has 21 heavy (non-hydrogen) atoms. The lowest BCUT2D eigenvalue weighted by atomic mass is 9.93. The van der Waals surface area contributed by atoms with Crippen molar-refractivity contribution in [3.63, 3.8) is 0 Å². The van der Waals surface area contributed by atoms with Crippen LogP contribution in [0.4, 0.5) is 0 Å². The molecule has 0 bridgehead atoms. The van der Waals surface area contributed by atoms with E-state index in [0.29, 0.717) is 48.3 Å². The van der Waals surface area contributed by atoms with Gasteiger partial charge in [-0.2, -0.15) is 0 Å². The Hall–Kier alpha value is -1.95. The minimum atomic E-state index is -0.673. The van der Waals surface area contributed by atoms with Crippen LogP contribution in [0.15, 0.2) is 10.6 Å². The fourth-order valence-corrected chi connectivity index (χ4v) is 2.75. The van der Waals surface area contributed by atoms with Crippen molar-refractivity contribution in [1.29, 1.82) is 0 Å². The molecule has 1 N–H and O–H groups in total. The SMILES string of the molecule is Cc1cc(C(=O)N2CCC(C)(O)CC2)c2c(C)noc2n1. The van der Waals surface area contributed by atoms with Gasteiger partial charge in [0, 0.05) is 18.8 Å². The van der Waals surface area contributed by atoms with E-state index in [1.54, 1.807) is 17.9 Å². The molecular weight excluding hydrogens is 270 g/mol. The Kier molecular flexibility index (Phi) is 3.20. The van der Waals surface area contributed by atoms with E-state index in [4.69, 9.17) is 4.52 Å². The van der Waals surface area contributed by atoms with Crippen LogP contribution in [0.25, 0.3) is 11.1 Å². The molecule has 0 saturated carbocycles. The van der Waals surface area contributed by atoms with Crippen LogP contribution in [0.2, 0.25) is 0 Å². The molecular formula is C15H19N3O3. The lowest BCUT2D eigenvalue weighted by Gasteiger charge is -2.35. The molecule has 112 valence electrons. The van der Waals surface area contributed by atoms with Gasteiger partial charge in [0.15, 0.2) is 0 Å². The van der Waals surface area contributed by atoms with Crippen molar-refractivity contribution in [3.8, 4) is 0 Å². The highest BCUT2D eigenvalue weighted by Crippen LogP contribution is 2.26. The Morgan fingerprint density at radius 3 is 2.71 bits per heavy atom. The van der Waals surface area contributed by atoms with Gasteiger partial charge in [0.25, 0.3) is 11.6 Å². The van der Waals surface area contributed by atoms with E-state index in [1.807, 2.05) is 13.8 Å². The first-order chi connectivity index (χ1) is 9.87. The number of hydrogen-bond acceptors (Lipinski definition) is 5. The summed E-state index contributed by atoms with van der Waals surface area (Å²) in [6.07, 6.45) is 1.18. The van der Waals surface area contributed by atoms with E-state index >= 15 is 0 Å². The van der Waals surface area contributed by atoms with Crippen molar-refractivity contribution in [1.82, 2.24) is 15.0 Å². The summed E-state index contributed by atoms with van der Waals surface area (Å²) in [7, 11) is 0. The number of fused-ring (bicyclic) bond motifs is 1. The molecule has 3 rings (SSSR count). The predicted molar refractivity (Wildman–Crippen MR) is 77.0 cm³/mol. The first-order valence-electron chi connectivity index (χ1n) is 7.13. The number of hydrogen-bond donors (Lipinski definition) is 1. The fourth-order valence-electron chi connectivity index (χ4n) is 2.75. The van der Waals surface area contributed by atoms with E-state index in [0.717, 1.165) is 5.69 Å². The van der Waals surface area contributed by atoms with Crippen LogP contribution in [-0.4, -0.2) is 44.7 Å². The van der Waals surface area contributed by atoms with Crippen LogP contribution in [0, 0.1) is 13.8 Å². The minimum absolute atomic E-state index is 0.0488. The normalized spacial score (nSPS) is 18.2. The van der Waals surface area contributed by atoms with Crippen LogP contribution >= 0.6 is 0 Å². The standard InChI is InChI=1S/C15H19N3O3/c1-9-8-11(12-10(2)17-21-13(12)16-9)14(19)18-6-4-15(3,20)5-7-18/h8,20H,4-7H2,1-3H3. The fraction of sp³-hybridized carbons (Fsp3) is 0.533. The zero-order chi connectivity index (χ0) is 15.2. The Morgan fingerprint density at radius 1 is 1.38 bits per heavy atom. The molecule has 3 heterocycles. The molecule has 0 spiro atoms. The van der Waals surface area contributed by atoms with Gasteiger partial charge >= 0.3 is 0 Å². The maximum Gasteiger partial charge on any atom is 0.258 e. The number of rotatable bonds is 1. The smallest absolute Gasteiger partial charge is 0.258 e. The van der Waals surface area contributed by atoms with Gasteiger partial charge in [-0.05, 0) is 39.7 Å². The molecule has 0 radical (unpaired) electrons. The van der Waals surface area contributed by atoms with E-state index in [2.05, 4.69) is 10.1 Å². The zero-order valence-electron chi connectivity index (χ0n) is 12.5. The Bertz CT molecular complexity index is 695. The molecule has 1 fully saturated rings. The average molecular weight is 289 g/mol. The average Bonchev–Trinajstić information content (AvgIpc) is 2.78. The van der Waals surface area contributed by atoms with Crippen LogP contribution in [0.3, 0.4) is 0 Å². The summed E-state index contributed by atoms with van der Waals surface area (Å²) < 4.78 is 5.17. The van der Waals surface area contributed by atoms with Crippen LogP contribution < -0.4 is 0 Å². The number of nitrogens with zero attached hydrogens (tertiary/aromatic N) is 3. The highest BCUT2D eigenvalue weighted by molar-refractivity contribution is 6.06. The summed E-state index contributed by atoms with van der Waals surface area (Å²) in [5.74, 6) is -0.0488. The lowest BCUT2D eigenvalue weighted by molar-refractivity contribution is -0.00197. The van der Waals surface area contributed by atoms with Gasteiger partial charge in [0.2, 0.25) is 0 Å². The summed E-state index contributed by atoms with van der Waals surface area (Å²) in [6, 6.07) is 1.78. The lowest BCUT2D eigenvalue weighted by Crippen LogP contribution is -2.45. The van der Waals surface area contributed by atoms with Crippen LogP contribution in [-0.2, 0) is 0 Å². The Balaban J connectivity index is 1.97. The Labute approximate surface area is 122 Å². The van der Waals surface area contributed by atoms with E-state index in [1.165, 1.54) is 0 Å². The van der Waals surface area contributed by atoms with Crippen molar-refractivity contribution in [2.75, 3.05) is 13.1 Å². The quantitative estimate of drug-likeness (QED) is 0.866. The molecule has 1 aliphatic heterocycles. The first kappa shape index (κ1) is 14.0. The maximum absolute atomic E-state index is 12.8. The number of aliphatic hydroxyl groups is 1. The molecule has 1 amide bonds. The second kappa shape index (κ2) is 4.80.